The number of esters is 1. The zero-order valence-corrected chi connectivity index (χ0v) is 11.4. The summed E-state index contributed by atoms with van der Waals surface area (Å²) < 4.78 is 5.15. The minimum atomic E-state index is -0.759. The Kier molecular flexibility index (Phi) is 3.12. The number of phenolic OH excluding ortho intramolecular Hbond substituents is 1. The van der Waals surface area contributed by atoms with Gasteiger partial charge < -0.3 is 9.84 Å². The lowest BCUT2D eigenvalue weighted by atomic mass is 9.68. The molecule has 2 aliphatic carbocycles. The van der Waals surface area contributed by atoms with E-state index < -0.39 is 23.9 Å². The molecule has 0 aliphatic heterocycles. The molecule has 108 valence electrons. The van der Waals surface area contributed by atoms with E-state index in [0.717, 1.165) is 0 Å². The summed E-state index contributed by atoms with van der Waals surface area (Å²) in [5, 5.41) is 9.90. The van der Waals surface area contributed by atoms with Crippen LogP contribution in [0.2, 0.25) is 0 Å². The standard InChI is InChI=1S/C16H14O5/c1-8(17)21-12-7-3-5-10-14(12)16(20)13-9(15(10)19)4-2-6-11(13)18/h2-4,6-7,10,12,14,18H,5H2,1H3/t10-,12+,14-/m0/s1. The Morgan fingerprint density at radius 2 is 2.05 bits per heavy atom. The minimum Gasteiger partial charge on any atom is -0.507 e. The number of aromatic hydroxyl groups is 1. The molecular weight excluding hydrogens is 272 g/mol. The van der Waals surface area contributed by atoms with E-state index in [1.807, 2.05) is 0 Å². The average Bonchev–Trinajstić information content (AvgIpc) is 2.43. The molecule has 21 heavy (non-hydrogen) atoms. The molecular formula is C16H14O5. The smallest absolute Gasteiger partial charge is 0.303 e. The summed E-state index contributed by atoms with van der Waals surface area (Å²) >= 11 is 0. The second-order valence-electron chi connectivity index (χ2n) is 5.30. The van der Waals surface area contributed by atoms with Crippen LogP contribution in [0.4, 0.5) is 0 Å². The molecule has 5 nitrogen and oxygen atoms in total. The van der Waals surface area contributed by atoms with Gasteiger partial charge in [0.25, 0.3) is 0 Å². The molecule has 0 spiro atoms. The van der Waals surface area contributed by atoms with Crippen LogP contribution in [0.5, 0.6) is 5.75 Å². The zero-order chi connectivity index (χ0) is 15.1. The number of ether oxygens (including phenoxy) is 1. The molecule has 1 aromatic carbocycles. The third-order valence-corrected chi connectivity index (χ3v) is 4.00. The van der Waals surface area contributed by atoms with E-state index in [-0.39, 0.29) is 28.4 Å². The molecule has 5 heteroatoms. The summed E-state index contributed by atoms with van der Waals surface area (Å²) in [7, 11) is 0. The van der Waals surface area contributed by atoms with Crippen molar-refractivity contribution in [2.75, 3.05) is 0 Å². The summed E-state index contributed by atoms with van der Waals surface area (Å²) in [6.07, 6.45) is 3.07. The van der Waals surface area contributed by atoms with Gasteiger partial charge in [-0.3, -0.25) is 14.4 Å². The van der Waals surface area contributed by atoms with Crippen molar-refractivity contribution in [3.63, 3.8) is 0 Å². The number of ketones is 2. The normalized spacial score (nSPS) is 27.0. The third-order valence-electron chi connectivity index (χ3n) is 4.00. The van der Waals surface area contributed by atoms with Gasteiger partial charge in [0, 0.05) is 18.4 Å². The first-order valence-corrected chi connectivity index (χ1v) is 6.75. The van der Waals surface area contributed by atoms with Gasteiger partial charge in [-0.1, -0.05) is 18.2 Å². The Bertz CT molecular complexity index is 673. The number of Topliss-reactive ketones (excluding diaryl/α,β-unsaturated/α-hetero) is 2. The highest BCUT2D eigenvalue weighted by Gasteiger charge is 2.47. The molecule has 0 radical (unpaired) electrons. The SMILES string of the molecule is CC(=O)O[C@@H]1C=CC[C@@H]2C(=O)c3cccc(O)c3C(=O)[C@@H]21. The highest BCUT2D eigenvalue weighted by molar-refractivity contribution is 6.17. The van der Waals surface area contributed by atoms with Crippen LogP contribution < -0.4 is 0 Å². The van der Waals surface area contributed by atoms with E-state index in [1.165, 1.54) is 13.0 Å². The molecule has 0 saturated heterocycles. The van der Waals surface area contributed by atoms with Crippen molar-refractivity contribution in [3.8, 4) is 5.75 Å². The molecule has 3 rings (SSSR count). The molecule has 0 unspecified atom stereocenters. The molecule has 0 fully saturated rings. The van der Waals surface area contributed by atoms with Gasteiger partial charge in [0.15, 0.2) is 11.6 Å². The number of rotatable bonds is 1. The number of carbonyl (C=O) groups excluding carboxylic acids is 3. The second kappa shape index (κ2) is 4.84. The van der Waals surface area contributed by atoms with Crippen LogP contribution in [0.1, 0.15) is 34.1 Å². The van der Waals surface area contributed by atoms with Crippen molar-refractivity contribution >= 4 is 17.5 Å². The lowest BCUT2D eigenvalue weighted by Gasteiger charge is -2.36. The quantitative estimate of drug-likeness (QED) is 0.630. The Labute approximate surface area is 121 Å². The van der Waals surface area contributed by atoms with E-state index in [1.54, 1.807) is 24.3 Å². The zero-order valence-electron chi connectivity index (χ0n) is 11.4. The number of fused-ring (bicyclic) bond motifs is 2. The largest absolute Gasteiger partial charge is 0.507 e. The fraction of sp³-hybridized carbons (Fsp3) is 0.312. The molecule has 0 amide bonds. The van der Waals surface area contributed by atoms with Gasteiger partial charge in [-0.05, 0) is 18.6 Å². The molecule has 0 heterocycles. The Hall–Kier alpha value is -2.43. The van der Waals surface area contributed by atoms with Crippen LogP contribution in [0.15, 0.2) is 30.4 Å². The van der Waals surface area contributed by atoms with Gasteiger partial charge >= 0.3 is 5.97 Å². The van der Waals surface area contributed by atoms with Crippen LogP contribution in [-0.4, -0.2) is 28.7 Å². The van der Waals surface area contributed by atoms with Crippen molar-refractivity contribution in [1.29, 1.82) is 0 Å². The topological polar surface area (TPSA) is 80.7 Å². The monoisotopic (exact) mass is 286 g/mol. The van der Waals surface area contributed by atoms with Crippen molar-refractivity contribution in [3.05, 3.63) is 41.5 Å². The van der Waals surface area contributed by atoms with E-state index >= 15 is 0 Å². The Balaban J connectivity index is 2.10. The summed E-state index contributed by atoms with van der Waals surface area (Å²) in [5.74, 6) is -2.54. The Morgan fingerprint density at radius 3 is 2.76 bits per heavy atom. The van der Waals surface area contributed by atoms with E-state index in [0.29, 0.717) is 6.42 Å². The fourth-order valence-electron chi connectivity index (χ4n) is 3.13. The minimum absolute atomic E-state index is 0.0382. The summed E-state index contributed by atoms with van der Waals surface area (Å²) in [6.45, 7) is 1.26. The molecule has 1 aromatic rings. The van der Waals surface area contributed by atoms with Crippen LogP contribution in [0.25, 0.3) is 0 Å². The molecule has 0 bridgehead atoms. The first-order valence-electron chi connectivity index (χ1n) is 6.75. The number of hydrogen-bond donors (Lipinski definition) is 1. The molecule has 2 aliphatic rings. The number of benzene rings is 1. The third kappa shape index (κ3) is 2.05. The van der Waals surface area contributed by atoms with Crippen molar-refractivity contribution in [1.82, 2.24) is 0 Å². The second-order valence-corrected chi connectivity index (χ2v) is 5.30. The van der Waals surface area contributed by atoms with E-state index in [2.05, 4.69) is 0 Å². The molecule has 0 aromatic heterocycles. The predicted molar refractivity (Wildman–Crippen MR) is 73.1 cm³/mol. The van der Waals surface area contributed by atoms with E-state index in [9.17, 15) is 19.5 Å². The maximum absolute atomic E-state index is 12.7. The van der Waals surface area contributed by atoms with Gasteiger partial charge in [0.05, 0.1) is 11.5 Å². The van der Waals surface area contributed by atoms with Crippen LogP contribution >= 0.6 is 0 Å². The summed E-state index contributed by atoms with van der Waals surface area (Å²) in [4.78, 5) is 36.4. The number of carbonyl (C=O) groups is 3. The number of phenols is 1. The molecule has 0 saturated carbocycles. The van der Waals surface area contributed by atoms with E-state index in [4.69, 9.17) is 4.74 Å². The lowest BCUT2D eigenvalue weighted by Crippen LogP contribution is -2.45. The first kappa shape index (κ1) is 13.5. The summed E-state index contributed by atoms with van der Waals surface area (Å²) in [6, 6.07) is 4.47. The maximum Gasteiger partial charge on any atom is 0.303 e. The van der Waals surface area contributed by atoms with Crippen LogP contribution in [-0.2, 0) is 9.53 Å². The van der Waals surface area contributed by atoms with Crippen molar-refractivity contribution in [2.24, 2.45) is 11.8 Å². The van der Waals surface area contributed by atoms with Gasteiger partial charge in [0.1, 0.15) is 11.9 Å². The lowest BCUT2D eigenvalue weighted by molar-refractivity contribution is -0.146. The highest BCUT2D eigenvalue weighted by atomic mass is 16.5. The predicted octanol–water partition coefficient (Wildman–Crippen LogP) is 1.90. The Morgan fingerprint density at radius 1 is 1.29 bits per heavy atom. The summed E-state index contributed by atoms with van der Waals surface area (Å²) in [5.41, 5.74) is 0.286. The fourth-order valence-corrected chi connectivity index (χ4v) is 3.13. The van der Waals surface area contributed by atoms with Crippen LogP contribution in [0.3, 0.4) is 0 Å². The van der Waals surface area contributed by atoms with Crippen molar-refractivity contribution < 1.29 is 24.2 Å². The van der Waals surface area contributed by atoms with Gasteiger partial charge in [0.2, 0.25) is 0 Å². The van der Waals surface area contributed by atoms with Gasteiger partial charge in [-0.25, -0.2) is 0 Å². The maximum atomic E-state index is 12.7. The highest BCUT2D eigenvalue weighted by Crippen LogP contribution is 2.41. The molecule has 1 N–H and O–H groups in total. The molecule has 3 atom stereocenters. The van der Waals surface area contributed by atoms with Crippen LogP contribution in [0, 0.1) is 11.8 Å². The van der Waals surface area contributed by atoms with Gasteiger partial charge in [-0.15, -0.1) is 0 Å². The first-order chi connectivity index (χ1) is 10.0. The van der Waals surface area contributed by atoms with Gasteiger partial charge in [-0.2, -0.15) is 0 Å². The number of hydrogen-bond acceptors (Lipinski definition) is 5. The van der Waals surface area contributed by atoms with Crippen molar-refractivity contribution in [2.45, 2.75) is 19.4 Å². The average molecular weight is 286 g/mol. The number of allylic oxidation sites excluding steroid dienone is 1.